The fraction of sp³-hybridized carbons (Fsp3) is 0.571. The number of nitrogens with two attached hydrogens (primary N) is 3. The second kappa shape index (κ2) is 25.5. The van der Waals surface area contributed by atoms with E-state index in [4.69, 9.17) is 17.2 Å². The maximum absolute atomic E-state index is 13.8. The van der Waals surface area contributed by atoms with Gasteiger partial charge in [0.25, 0.3) is 5.91 Å². The van der Waals surface area contributed by atoms with Gasteiger partial charge in [-0.25, -0.2) is 4.79 Å². The minimum Gasteiger partial charge on any atom is -0.508 e. The van der Waals surface area contributed by atoms with Crippen molar-refractivity contribution in [1.29, 1.82) is 0 Å². The van der Waals surface area contributed by atoms with Crippen molar-refractivity contribution in [3.05, 3.63) is 29.8 Å². The van der Waals surface area contributed by atoms with E-state index in [0.29, 0.717) is 5.56 Å². The Bertz CT molecular complexity index is 1610. The van der Waals surface area contributed by atoms with Gasteiger partial charge in [-0.3, -0.25) is 50.0 Å². The molecule has 22 nitrogen and oxygen atoms in total. The van der Waals surface area contributed by atoms with Gasteiger partial charge in [-0.1, -0.05) is 26.0 Å². The molecule has 0 bridgehead atoms. The van der Waals surface area contributed by atoms with E-state index < -0.39 is 96.2 Å². The molecule has 19 N–H and O–H groups in total. The van der Waals surface area contributed by atoms with Crippen molar-refractivity contribution in [3.8, 4) is 5.75 Å². The normalized spacial score (nSPS) is 14.5. The molecule has 0 heterocycles. The van der Waals surface area contributed by atoms with Crippen molar-refractivity contribution in [2.45, 2.75) is 102 Å². The van der Waals surface area contributed by atoms with Crippen LogP contribution in [0.3, 0.4) is 0 Å². The molecule has 58 heavy (non-hydrogen) atoms. The number of amides is 7. The number of phenolic OH excluding ortho intramolecular Hbond substituents is 1. The first-order valence-corrected chi connectivity index (χ1v) is 19.1. The number of aliphatic carboxylic acids is 1. The first-order valence-electron chi connectivity index (χ1n) is 18.5. The number of quaternary nitrogens is 1. The van der Waals surface area contributed by atoms with Crippen LogP contribution in [0.5, 0.6) is 5.75 Å². The highest BCUT2D eigenvalue weighted by Gasteiger charge is 2.32. The van der Waals surface area contributed by atoms with Crippen LogP contribution in [0, 0.1) is 5.92 Å². The van der Waals surface area contributed by atoms with Crippen LogP contribution >= 0.6 is 12.6 Å². The minimum absolute atomic E-state index is 0.0535. The van der Waals surface area contributed by atoms with Crippen molar-refractivity contribution in [1.82, 2.24) is 31.9 Å². The summed E-state index contributed by atoms with van der Waals surface area (Å²) >= 11 is 4.06. The van der Waals surface area contributed by atoms with Crippen LogP contribution in [-0.4, -0.2) is 130 Å². The van der Waals surface area contributed by atoms with E-state index in [1.54, 1.807) is 13.8 Å². The van der Waals surface area contributed by atoms with Gasteiger partial charge in [-0.15, -0.1) is 0 Å². The van der Waals surface area contributed by atoms with Gasteiger partial charge in [0.1, 0.15) is 42.1 Å². The van der Waals surface area contributed by atoms with Crippen molar-refractivity contribution in [2.75, 3.05) is 18.8 Å². The average Bonchev–Trinajstić information content (AvgIpc) is 3.14. The molecule has 7 amide bonds. The quantitative estimate of drug-likeness (QED) is 0.0179. The molecule has 23 heteroatoms. The number of carbonyl (C=O) groups is 8. The number of hydrogen-bond donors (Lipinski definition) is 15. The highest BCUT2D eigenvalue weighted by atomic mass is 32.1. The zero-order valence-corrected chi connectivity index (χ0v) is 33.7. The third-order valence-corrected chi connectivity index (χ3v) is 8.82. The van der Waals surface area contributed by atoms with Crippen LogP contribution in [0.25, 0.3) is 0 Å². The number of carbonyl (C=O) groups excluding carboxylic acids is 7. The van der Waals surface area contributed by atoms with Gasteiger partial charge in [0.05, 0.1) is 13.1 Å². The maximum Gasteiger partial charge on any atom is 0.338 e. The Morgan fingerprint density at radius 2 is 1.29 bits per heavy atom. The smallest absolute Gasteiger partial charge is 0.338 e. The molecule has 7 atom stereocenters. The van der Waals surface area contributed by atoms with Crippen molar-refractivity contribution < 1.29 is 64.4 Å². The fourth-order valence-corrected chi connectivity index (χ4v) is 5.44. The summed E-state index contributed by atoms with van der Waals surface area (Å²) in [5.74, 6) is -7.61. The van der Waals surface area contributed by atoms with Crippen molar-refractivity contribution >= 4 is 65.9 Å². The number of primary amides is 1. The first-order chi connectivity index (χ1) is 27.1. The third-order valence-electron chi connectivity index (χ3n) is 8.45. The van der Waals surface area contributed by atoms with Crippen molar-refractivity contribution in [3.63, 3.8) is 0 Å². The van der Waals surface area contributed by atoms with E-state index in [1.165, 1.54) is 31.2 Å². The monoisotopic (exact) mass is 841 g/mol. The SMILES string of the molecule is CC(C)C[C@H](NC(=O)CNC(=O)[C@H](CS)NC(=O)[C@@H]([NH3+])[C@@H](C)O)C(=O)N[C@@H](CCC[NH+]=C(N)N)C(=O)N[C@@H](CCC(N)=O)C(=O)N[C@@H](Cc1ccc(O)cc1)C(=O)O. The summed E-state index contributed by atoms with van der Waals surface area (Å²) in [6.07, 6.45) is -1.76. The number of benzene rings is 1. The number of carboxylic acids is 1. The van der Waals surface area contributed by atoms with Crippen LogP contribution in [0.2, 0.25) is 0 Å². The van der Waals surface area contributed by atoms with E-state index in [2.05, 4.69) is 55.3 Å². The number of aromatic hydroxyl groups is 1. The highest BCUT2D eigenvalue weighted by molar-refractivity contribution is 7.80. The predicted octanol–water partition coefficient (Wildman–Crippen LogP) is -7.07. The number of carboxylic acid groups (broad SMARTS) is 1. The van der Waals surface area contributed by atoms with Crippen LogP contribution < -0.4 is 59.8 Å². The summed E-state index contributed by atoms with van der Waals surface area (Å²) in [5.41, 5.74) is 20.2. The number of rotatable bonds is 26. The van der Waals surface area contributed by atoms with E-state index in [1.807, 2.05) is 0 Å². The van der Waals surface area contributed by atoms with Crippen LogP contribution in [0.1, 0.15) is 58.4 Å². The molecule has 324 valence electrons. The van der Waals surface area contributed by atoms with Crippen molar-refractivity contribution in [2.24, 2.45) is 23.1 Å². The molecule has 1 aromatic rings. The van der Waals surface area contributed by atoms with Gasteiger partial charge in [0, 0.05) is 18.6 Å². The zero-order valence-electron chi connectivity index (χ0n) is 32.8. The molecular formula is C35H59N11O11S+2. The van der Waals surface area contributed by atoms with Gasteiger partial charge in [0.15, 0.2) is 6.04 Å². The number of thiol groups is 1. The van der Waals surface area contributed by atoms with Crippen LogP contribution in [-0.2, 0) is 44.8 Å². The molecule has 0 saturated carbocycles. The van der Waals surface area contributed by atoms with E-state index in [-0.39, 0.29) is 68.4 Å². The van der Waals surface area contributed by atoms with Gasteiger partial charge in [0.2, 0.25) is 35.4 Å². The molecule has 0 aliphatic rings. The second-order valence-electron chi connectivity index (χ2n) is 14.0. The van der Waals surface area contributed by atoms with Crippen LogP contribution in [0.15, 0.2) is 24.3 Å². The van der Waals surface area contributed by atoms with Crippen LogP contribution in [0.4, 0.5) is 0 Å². The maximum atomic E-state index is 13.8. The average molecular weight is 842 g/mol. The van der Waals surface area contributed by atoms with E-state index in [9.17, 15) is 53.7 Å². The molecular weight excluding hydrogens is 783 g/mol. The Balaban J connectivity index is 3.22. The lowest BCUT2D eigenvalue weighted by atomic mass is 10.0. The second-order valence-corrected chi connectivity index (χ2v) is 14.3. The summed E-state index contributed by atoms with van der Waals surface area (Å²) in [7, 11) is 0. The number of aliphatic hydroxyl groups is 1. The molecule has 1 aromatic carbocycles. The Morgan fingerprint density at radius 3 is 1.79 bits per heavy atom. The minimum atomic E-state index is -1.49. The molecule has 0 aliphatic carbocycles. The van der Waals surface area contributed by atoms with E-state index in [0.717, 1.165) is 0 Å². The molecule has 1 rings (SSSR count). The molecule has 0 spiro atoms. The fourth-order valence-electron chi connectivity index (χ4n) is 5.18. The zero-order chi connectivity index (χ0) is 44.1. The number of aliphatic hydroxyl groups excluding tert-OH is 1. The van der Waals surface area contributed by atoms with Gasteiger partial charge in [-0.05, 0) is 56.2 Å². The molecule has 0 saturated heterocycles. The Labute approximate surface area is 340 Å². The number of nitrogens with one attached hydrogen (secondary N) is 7. The summed E-state index contributed by atoms with van der Waals surface area (Å²) < 4.78 is 0. The standard InChI is InChI=1S/C35H57N11O11S/c1-17(2)13-23(42-27(50)15-41-29(51)25(16-58)46-33(55)28(37)18(3)47)32(54)43-21(5-4-12-40-35(38)39)30(52)44-22(10-11-26(36)49)31(53)45-24(34(56)57)14-19-6-8-20(48)9-7-19/h6-9,17-18,21-25,28,47-48,58H,4-5,10-16,37H2,1-3H3,(H2,36,49)(H,41,51)(H,42,50)(H,43,54)(H,44,52)(H,45,53)(H,46,55)(H,56,57)(H4,38,39,40)/p+2/t18-,21+,22+,23+,24+,25+,28+/m1/s1. The Kier molecular flexibility index (Phi) is 22.2. The highest BCUT2D eigenvalue weighted by Crippen LogP contribution is 2.12. The summed E-state index contributed by atoms with van der Waals surface area (Å²) in [5, 5.41) is 43.7. The van der Waals surface area contributed by atoms with E-state index >= 15 is 0 Å². The number of guanidine groups is 1. The molecule has 0 aromatic heterocycles. The first kappa shape index (κ1) is 50.3. The van der Waals surface area contributed by atoms with Gasteiger partial charge >= 0.3 is 11.9 Å². The lowest BCUT2D eigenvalue weighted by Crippen LogP contribution is -2.78. The number of hydrogen-bond acceptors (Lipinski definition) is 11. The largest absolute Gasteiger partial charge is 0.508 e. The lowest BCUT2D eigenvalue weighted by Gasteiger charge is -2.26. The number of phenols is 1. The lowest BCUT2D eigenvalue weighted by molar-refractivity contribution is -0.459. The summed E-state index contributed by atoms with van der Waals surface area (Å²) in [4.78, 5) is 105. The van der Waals surface area contributed by atoms with Gasteiger partial charge in [-0.2, -0.15) is 12.6 Å². The summed E-state index contributed by atoms with van der Waals surface area (Å²) in [6.45, 7) is 4.45. The third kappa shape index (κ3) is 19.5. The molecule has 0 fully saturated rings. The molecule has 0 radical (unpaired) electrons. The Hall–Kier alpha value is -5.68. The van der Waals surface area contributed by atoms with Gasteiger partial charge < -0.3 is 58.7 Å². The summed E-state index contributed by atoms with van der Waals surface area (Å²) in [6, 6.07) is -2.18. The topological polar surface area (TPSA) is 389 Å². The predicted molar refractivity (Wildman–Crippen MR) is 211 cm³/mol. The molecule has 0 aliphatic heterocycles. The molecule has 0 unspecified atom stereocenters. The Morgan fingerprint density at radius 1 is 0.759 bits per heavy atom.